The van der Waals surface area contributed by atoms with Gasteiger partial charge in [0.25, 0.3) is 0 Å². The van der Waals surface area contributed by atoms with Crippen molar-refractivity contribution in [3.05, 3.63) is 39.2 Å². The molecule has 2 aromatic heterocycles. The Morgan fingerprint density at radius 3 is 2.87 bits per heavy atom. The van der Waals surface area contributed by atoms with E-state index in [1.165, 1.54) is 14.7 Å². The van der Waals surface area contributed by atoms with E-state index >= 15 is 0 Å². The molecule has 0 saturated carbocycles. The molecular formula is C11H13N3Se. The van der Waals surface area contributed by atoms with Crippen molar-refractivity contribution in [3.8, 4) is 0 Å². The molecule has 0 N–H and O–H groups in total. The molecule has 0 aromatic carbocycles. The number of rotatable bonds is 4. The molecule has 0 unspecified atom stereocenters. The van der Waals surface area contributed by atoms with Gasteiger partial charge in [-0.1, -0.05) is 0 Å². The van der Waals surface area contributed by atoms with Gasteiger partial charge in [-0.3, -0.25) is 0 Å². The van der Waals surface area contributed by atoms with Crippen LogP contribution in [0.25, 0.3) is 0 Å². The Morgan fingerprint density at radius 1 is 1.27 bits per heavy atom. The molecule has 0 saturated heterocycles. The standard InChI is InChI=1S/C11H13N3Se/c1-2-4-10-13-14-11(15-10)7-9-5-3-6-12-8-9/h3,5-6,8H,2,4,7H2,1H3. The summed E-state index contributed by atoms with van der Waals surface area (Å²) in [7, 11) is 0. The van der Waals surface area contributed by atoms with Crippen molar-refractivity contribution in [1.82, 2.24) is 15.2 Å². The summed E-state index contributed by atoms with van der Waals surface area (Å²) in [6.45, 7) is 2.18. The number of hydrogen-bond donors (Lipinski definition) is 0. The minimum absolute atomic E-state index is 0.381. The Hall–Kier alpha value is -0.991. The van der Waals surface area contributed by atoms with Crippen molar-refractivity contribution in [3.63, 3.8) is 0 Å². The Balaban J connectivity index is 2.05. The van der Waals surface area contributed by atoms with Gasteiger partial charge in [-0.05, 0) is 0 Å². The summed E-state index contributed by atoms with van der Waals surface area (Å²) in [6, 6.07) is 4.05. The fourth-order valence-electron chi connectivity index (χ4n) is 1.35. The first-order valence-electron chi connectivity index (χ1n) is 5.08. The Kier molecular flexibility index (Phi) is 3.64. The van der Waals surface area contributed by atoms with Crippen LogP contribution in [0.5, 0.6) is 0 Å². The van der Waals surface area contributed by atoms with Crippen LogP contribution in [0.4, 0.5) is 0 Å². The zero-order valence-electron chi connectivity index (χ0n) is 8.68. The van der Waals surface area contributed by atoms with E-state index in [1.807, 2.05) is 12.3 Å². The van der Waals surface area contributed by atoms with Crippen LogP contribution >= 0.6 is 0 Å². The quantitative estimate of drug-likeness (QED) is 0.787. The number of aryl methyl sites for hydroxylation is 1. The molecule has 0 aliphatic rings. The summed E-state index contributed by atoms with van der Waals surface area (Å²) >= 11 is 0.381. The van der Waals surface area contributed by atoms with Gasteiger partial charge in [-0.2, -0.15) is 0 Å². The SMILES string of the molecule is CCCc1nnc(Cc2cccnc2)[se]1. The Labute approximate surface area is 95.3 Å². The van der Waals surface area contributed by atoms with Crippen LogP contribution in [-0.2, 0) is 12.8 Å². The molecule has 0 atom stereocenters. The van der Waals surface area contributed by atoms with Crippen LogP contribution in [0.1, 0.15) is 28.0 Å². The van der Waals surface area contributed by atoms with Gasteiger partial charge in [0.15, 0.2) is 0 Å². The first-order valence-corrected chi connectivity index (χ1v) is 6.80. The van der Waals surface area contributed by atoms with Gasteiger partial charge >= 0.3 is 95.1 Å². The van der Waals surface area contributed by atoms with Gasteiger partial charge in [0.1, 0.15) is 0 Å². The van der Waals surface area contributed by atoms with E-state index in [9.17, 15) is 0 Å². The van der Waals surface area contributed by atoms with Crippen LogP contribution < -0.4 is 0 Å². The molecule has 0 bridgehead atoms. The summed E-state index contributed by atoms with van der Waals surface area (Å²) in [5.74, 6) is 0. The van der Waals surface area contributed by atoms with Crippen LogP contribution in [0.2, 0.25) is 0 Å². The predicted molar refractivity (Wildman–Crippen MR) is 60.0 cm³/mol. The summed E-state index contributed by atoms with van der Waals surface area (Å²) in [5.41, 5.74) is 1.23. The van der Waals surface area contributed by atoms with Gasteiger partial charge < -0.3 is 0 Å². The molecule has 78 valence electrons. The average molecular weight is 266 g/mol. The molecule has 0 radical (unpaired) electrons. The van der Waals surface area contributed by atoms with Crippen LogP contribution in [0, 0.1) is 0 Å². The summed E-state index contributed by atoms with van der Waals surface area (Å²) in [6.07, 6.45) is 6.86. The van der Waals surface area contributed by atoms with Gasteiger partial charge in [0, 0.05) is 0 Å². The normalized spacial score (nSPS) is 10.5. The number of hydrogen-bond acceptors (Lipinski definition) is 3. The molecule has 0 amide bonds. The van der Waals surface area contributed by atoms with Crippen LogP contribution in [-0.4, -0.2) is 29.7 Å². The molecular weight excluding hydrogens is 253 g/mol. The molecule has 15 heavy (non-hydrogen) atoms. The second-order valence-corrected chi connectivity index (χ2v) is 5.78. The molecule has 3 nitrogen and oxygen atoms in total. The van der Waals surface area contributed by atoms with E-state index in [1.54, 1.807) is 6.20 Å². The second-order valence-electron chi connectivity index (χ2n) is 3.38. The molecule has 2 heterocycles. The number of pyridine rings is 1. The Bertz CT molecular complexity index is 411. The van der Waals surface area contributed by atoms with Crippen molar-refractivity contribution in [2.75, 3.05) is 0 Å². The molecule has 0 aliphatic heterocycles. The van der Waals surface area contributed by atoms with Crippen molar-refractivity contribution >= 4 is 14.5 Å². The fraction of sp³-hybridized carbons (Fsp3) is 0.364. The third-order valence-electron chi connectivity index (χ3n) is 2.05. The Morgan fingerprint density at radius 2 is 2.13 bits per heavy atom. The predicted octanol–water partition coefficient (Wildman–Crippen LogP) is 1.47. The van der Waals surface area contributed by atoms with E-state index in [-0.39, 0.29) is 0 Å². The third kappa shape index (κ3) is 2.98. The molecule has 2 aromatic rings. The average Bonchev–Trinajstić information content (AvgIpc) is 2.68. The van der Waals surface area contributed by atoms with Gasteiger partial charge in [-0.25, -0.2) is 0 Å². The topological polar surface area (TPSA) is 38.7 Å². The van der Waals surface area contributed by atoms with E-state index in [0.717, 1.165) is 19.3 Å². The zero-order chi connectivity index (χ0) is 10.5. The summed E-state index contributed by atoms with van der Waals surface area (Å²) in [4.78, 5) is 4.10. The minimum atomic E-state index is 0.381. The molecule has 4 heteroatoms. The molecule has 0 spiro atoms. The van der Waals surface area contributed by atoms with E-state index in [0.29, 0.717) is 14.5 Å². The van der Waals surface area contributed by atoms with Crippen molar-refractivity contribution in [2.24, 2.45) is 0 Å². The fourth-order valence-corrected chi connectivity index (χ4v) is 3.41. The maximum absolute atomic E-state index is 4.24. The number of nitrogens with zero attached hydrogens (tertiary/aromatic N) is 3. The second kappa shape index (κ2) is 5.19. The van der Waals surface area contributed by atoms with Gasteiger partial charge in [0.05, 0.1) is 0 Å². The summed E-state index contributed by atoms with van der Waals surface area (Å²) < 4.78 is 2.50. The summed E-state index contributed by atoms with van der Waals surface area (Å²) in [5, 5.41) is 8.45. The molecule has 0 fully saturated rings. The first-order chi connectivity index (χ1) is 7.38. The number of aromatic nitrogens is 3. The van der Waals surface area contributed by atoms with Crippen molar-refractivity contribution in [1.29, 1.82) is 0 Å². The maximum atomic E-state index is 4.24. The monoisotopic (exact) mass is 267 g/mol. The third-order valence-corrected chi connectivity index (χ3v) is 4.11. The first kappa shape index (κ1) is 10.5. The van der Waals surface area contributed by atoms with E-state index in [2.05, 4.69) is 28.2 Å². The zero-order valence-corrected chi connectivity index (χ0v) is 10.4. The van der Waals surface area contributed by atoms with Crippen molar-refractivity contribution in [2.45, 2.75) is 26.2 Å². The van der Waals surface area contributed by atoms with Gasteiger partial charge in [0.2, 0.25) is 0 Å². The molecule has 0 aliphatic carbocycles. The van der Waals surface area contributed by atoms with Crippen molar-refractivity contribution < 1.29 is 0 Å². The van der Waals surface area contributed by atoms with E-state index < -0.39 is 0 Å². The van der Waals surface area contributed by atoms with Crippen LogP contribution in [0.15, 0.2) is 24.5 Å². The van der Waals surface area contributed by atoms with Crippen LogP contribution in [0.3, 0.4) is 0 Å². The molecule has 2 rings (SSSR count). The van der Waals surface area contributed by atoms with Gasteiger partial charge in [-0.15, -0.1) is 0 Å². The van der Waals surface area contributed by atoms with E-state index in [4.69, 9.17) is 0 Å².